The van der Waals surface area contributed by atoms with E-state index in [1.165, 1.54) is 30.4 Å². The van der Waals surface area contributed by atoms with Crippen molar-refractivity contribution in [2.75, 3.05) is 14.2 Å². The van der Waals surface area contributed by atoms with Crippen LogP contribution in [0.4, 0.5) is 0 Å². The molecule has 1 aromatic rings. The number of rotatable bonds is 2. The van der Waals surface area contributed by atoms with Gasteiger partial charge >= 0.3 is 0 Å². The third-order valence-electron chi connectivity index (χ3n) is 5.49. The predicted octanol–water partition coefficient (Wildman–Crippen LogP) is 2.70. The molecule has 21 heavy (non-hydrogen) atoms. The SMILES string of the molecule is COc1cc2c(cc1OC)[C@H]1CCC[C@H]3CC(=O)N(C2)[C@H]31. The Bertz CT molecular complexity index is 598. The Morgan fingerprint density at radius 3 is 2.67 bits per heavy atom. The normalized spacial score (nSPS) is 29.9. The molecule has 4 rings (SSSR count). The summed E-state index contributed by atoms with van der Waals surface area (Å²) in [6.07, 6.45) is 4.34. The van der Waals surface area contributed by atoms with E-state index in [1.807, 2.05) is 0 Å². The molecule has 2 fully saturated rings. The molecular formula is C17H21NO3. The maximum atomic E-state index is 12.3. The lowest BCUT2D eigenvalue weighted by molar-refractivity contribution is -0.130. The Hall–Kier alpha value is -1.71. The van der Waals surface area contributed by atoms with E-state index < -0.39 is 0 Å². The lowest BCUT2D eigenvalue weighted by Gasteiger charge is -2.43. The van der Waals surface area contributed by atoms with Gasteiger partial charge in [0.2, 0.25) is 5.91 Å². The summed E-state index contributed by atoms with van der Waals surface area (Å²) in [5, 5.41) is 0. The Balaban J connectivity index is 1.83. The Morgan fingerprint density at radius 2 is 1.90 bits per heavy atom. The molecule has 3 atom stereocenters. The summed E-state index contributed by atoms with van der Waals surface area (Å²) >= 11 is 0. The maximum Gasteiger partial charge on any atom is 0.223 e. The first kappa shape index (κ1) is 13.0. The fraction of sp³-hybridized carbons (Fsp3) is 0.588. The second-order valence-corrected chi connectivity index (χ2v) is 6.42. The number of amides is 1. The third kappa shape index (κ3) is 1.78. The second kappa shape index (κ2) is 4.65. The van der Waals surface area contributed by atoms with E-state index in [1.54, 1.807) is 14.2 Å². The molecule has 0 bridgehead atoms. The molecule has 0 unspecified atom stereocenters. The number of hydrogen-bond donors (Lipinski definition) is 0. The van der Waals surface area contributed by atoms with Crippen molar-refractivity contribution in [3.05, 3.63) is 23.3 Å². The van der Waals surface area contributed by atoms with Gasteiger partial charge in [0, 0.05) is 24.9 Å². The highest BCUT2D eigenvalue weighted by Gasteiger charge is 2.49. The highest BCUT2D eigenvalue weighted by Crippen LogP contribution is 2.50. The van der Waals surface area contributed by atoms with Crippen LogP contribution in [0, 0.1) is 5.92 Å². The minimum Gasteiger partial charge on any atom is -0.493 e. The second-order valence-electron chi connectivity index (χ2n) is 6.42. The van der Waals surface area contributed by atoms with Gasteiger partial charge in [-0.2, -0.15) is 0 Å². The molecular weight excluding hydrogens is 266 g/mol. The number of fused-ring (bicyclic) bond motifs is 2. The largest absolute Gasteiger partial charge is 0.493 e. The van der Waals surface area contributed by atoms with Gasteiger partial charge in [0.1, 0.15) is 0 Å². The number of nitrogens with zero attached hydrogens (tertiary/aromatic N) is 1. The van der Waals surface area contributed by atoms with E-state index in [0.29, 0.717) is 23.8 Å². The summed E-state index contributed by atoms with van der Waals surface area (Å²) in [6.45, 7) is 0.728. The molecule has 2 aliphatic heterocycles. The number of ether oxygens (including phenoxy) is 2. The highest BCUT2D eigenvalue weighted by atomic mass is 16.5. The number of benzene rings is 1. The fourth-order valence-electron chi connectivity index (χ4n) is 4.61. The number of methoxy groups -OCH3 is 2. The molecule has 1 aliphatic carbocycles. The van der Waals surface area contributed by atoms with Crippen molar-refractivity contribution in [2.45, 2.75) is 44.2 Å². The van der Waals surface area contributed by atoms with Gasteiger partial charge in [-0.15, -0.1) is 0 Å². The standard InChI is InChI=1S/C17H21NO3/c1-20-14-6-11-9-18-16(19)7-10-4-3-5-12(17(10)18)13(11)8-15(14)21-2/h6,8,10,12,17H,3-5,7,9H2,1-2H3/t10-,12+,17+/m0/s1. The van der Waals surface area contributed by atoms with Gasteiger partial charge in [-0.25, -0.2) is 0 Å². The predicted molar refractivity (Wildman–Crippen MR) is 78.6 cm³/mol. The Labute approximate surface area is 125 Å². The summed E-state index contributed by atoms with van der Waals surface area (Å²) < 4.78 is 10.9. The zero-order valence-corrected chi connectivity index (χ0v) is 12.6. The quantitative estimate of drug-likeness (QED) is 0.839. The lowest BCUT2D eigenvalue weighted by atomic mass is 9.71. The molecule has 4 heteroatoms. The number of hydrogen-bond acceptors (Lipinski definition) is 3. The third-order valence-corrected chi connectivity index (χ3v) is 5.49. The first-order valence-corrected chi connectivity index (χ1v) is 7.77. The summed E-state index contributed by atoms with van der Waals surface area (Å²) in [6, 6.07) is 4.61. The van der Waals surface area contributed by atoms with Crippen molar-refractivity contribution in [1.29, 1.82) is 0 Å². The van der Waals surface area contributed by atoms with Crippen molar-refractivity contribution in [2.24, 2.45) is 5.92 Å². The molecule has 112 valence electrons. The topological polar surface area (TPSA) is 38.8 Å². The van der Waals surface area contributed by atoms with Crippen LogP contribution >= 0.6 is 0 Å². The molecule has 1 saturated heterocycles. The Kier molecular flexibility index (Phi) is 2.88. The van der Waals surface area contributed by atoms with Gasteiger partial charge in [-0.3, -0.25) is 4.79 Å². The molecule has 1 saturated carbocycles. The monoisotopic (exact) mass is 287 g/mol. The van der Waals surface area contributed by atoms with E-state index in [0.717, 1.165) is 24.5 Å². The minimum absolute atomic E-state index is 0.331. The van der Waals surface area contributed by atoms with Crippen LogP contribution in [0.25, 0.3) is 0 Å². The van der Waals surface area contributed by atoms with E-state index >= 15 is 0 Å². The molecule has 0 spiro atoms. The molecule has 4 nitrogen and oxygen atoms in total. The van der Waals surface area contributed by atoms with E-state index in [4.69, 9.17) is 9.47 Å². The summed E-state index contributed by atoms with van der Waals surface area (Å²) in [4.78, 5) is 14.4. The van der Waals surface area contributed by atoms with Crippen molar-refractivity contribution >= 4 is 5.91 Å². The van der Waals surface area contributed by atoms with E-state index in [-0.39, 0.29) is 0 Å². The van der Waals surface area contributed by atoms with Crippen molar-refractivity contribution in [3.8, 4) is 11.5 Å². The minimum atomic E-state index is 0.331. The van der Waals surface area contributed by atoms with Crippen LogP contribution in [-0.4, -0.2) is 31.1 Å². The van der Waals surface area contributed by atoms with Gasteiger partial charge in [0.05, 0.1) is 14.2 Å². The van der Waals surface area contributed by atoms with Crippen LogP contribution in [0.3, 0.4) is 0 Å². The molecule has 2 heterocycles. The Morgan fingerprint density at radius 1 is 1.14 bits per heavy atom. The molecule has 0 N–H and O–H groups in total. The number of carbonyl (C=O) groups is 1. The smallest absolute Gasteiger partial charge is 0.223 e. The van der Waals surface area contributed by atoms with Crippen molar-refractivity contribution in [3.63, 3.8) is 0 Å². The number of carbonyl (C=O) groups excluding carboxylic acids is 1. The molecule has 3 aliphatic rings. The summed E-state index contributed by atoms with van der Waals surface area (Å²) in [5.74, 6) is 2.92. The highest BCUT2D eigenvalue weighted by molar-refractivity contribution is 5.80. The van der Waals surface area contributed by atoms with Crippen molar-refractivity contribution < 1.29 is 14.3 Å². The molecule has 1 amide bonds. The lowest BCUT2D eigenvalue weighted by Crippen LogP contribution is -2.45. The average Bonchev–Trinajstić information content (AvgIpc) is 2.83. The van der Waals surface area contributed by atoms with Gasteiger partial charge in [0.25, 0.3) is 0 Å². The summed E-state index contributed by atoms with van der Waals surface area (Å²) in [7, 11) is 3.34. The maximum absolute atomic E-state index is 12.3. The molecule has 0 radical (unpaired) electrons. The van der Waals surface area contributed by atoms with Gasteiger partial charge in [0.15, 0.2) is 11.5 Å². The summed E-state index contributed by atoms with van der Waals surface area (Å²) in [5.41, 5.74) is 2.60. The van der Waals surface area contributed by atoms with Gasteiger partial charge in [-0.05, 0) is 42.0 Å². The molecule has 1 aromatic carbocycles. The zero-order valence-electron chi connectivity index (χ0n) is 12.6. The average molecular weight is 287 g/mol. The van der Waals surface area contributed by atoms with Crippen LogP contribution in [-0.2, 0) is 11.3 Å². The zero-order chi connectivity index (χ0) is 14.6. The van der Waals surface area contributed by atoms with E-state index in [9.17, 15) is 4.79 Å². The first-order chi connectivity index (χ1) is 10.2. The first-order valence-electron chi connectivity index (χ1n) is 7.77. The van der Waals surface area contributed by atoms with Crippen LogP contribution in [0.5, 0.6) is 11.5 Å². The van der Waals surface area contributed by atoms with Crippen molar-refractivity contribution in [1.82, 2.24) is 4.90 Å². The fourth-order valence-corrected chi connectivity index (χ4v) is 4.61. The van der Waals surface area contributed by atoms with Gasteiger partial charge in [-0.1, -0.05) is 6.42 Å². The van der Waals surface area contributed by atoms with Crippen LogP contribution in [0.15, 0.2) is 12.1 Å². The van der Waals surface area contributed by atoms with Gasteiger partial charge < -0.3 is 14.4 Å². The van der Waals surface area contributed by atoms with Crippen LogP contribution < -0.4 is 9.47 Å². The van der Waals surface area contributed by atoms with E-state index in [2.05, 4.69) is 17.0 Å². The van der Waals surface area contributed by atoms with Crippen LogP contribution in [0.2, 0.25) is 0 Å². The van der Waals surface area contributed by atoms with Crippen LogP contribution in [0.1, 0.15) is 42.7 Å². The molecule has 0 aromatic heterocycles.